The van der Waals surface area contributed by atoms with Crippen molar-refractivity contribution in [3.8, 4) is 5.75 Å². The third kappa shape index (κ3) is 7.23. The Kier molecular flexibility index (Phi) is 7.64. The van der Waals surface area contributed by atoms with E-state index >= 15 is 0 Å². The molecule has 1 aliphatic rings. The lowest BCUT2D eigenvalue weighted by atomic mass is 10.1. The predicted molar refractivity (Wildman–Crippen MR) is 114 cm³/mol. The molecule has 0 aromatic heterocycles. The van der Waals surface area contributed by atoms with Crippen molar-refractivity contribution in [2.24, 2.45) is 0 Å². The summed E-state index contributed by atoms with van der Waals surface area (Å²) in [5.41, 5.74) is 2.96. The Balaban J connectivity index is 1.35. The minimum Gasteiger partial charge on any atom is -0.484 e. The lowest BCUT2D eigenvalue weighted by Crippen LogP contribution is -2.32. The van der Waals surface area contributed by atoms with Gasteiger partial charge in [0.05, 0.1) is 0 Å². The van der Waals surface area contributed by atoms with Crippen LogP contribution in [0.4, 0.5) is 5.69 Å². The van der Waals surface area contributed by atoms with E-state index in [1.54, 1.807) is 0 Å². The van der Waals surface area contributed by atoms with Crippen molar-refractivity contribution in [3.63, 3.8) is 0 Å². The lowest BCUT2D eigenvalue weighted by Gasteiger charge is -2.11. The van der Waals surface area contributed by atoms with Crippen molar-refractivity contribution in [1.82, 2.24) is 10.6 Å². The second kappa shape index (κ2) is 10.6. The molecule has 1 aliphatic heterocycles. The Hall–Kier alpha value is -2.86. The standard InChI is InChI=1S/C23H29N3O3/c1-17-4-2-5-20(14-17)26-23(28)16-29-21-9-7-18(8-10-21)11-13-25-22(27)15-19-6-3-12-24-19/h2,4-5,7-10,14,19,24H,3,6,11-13,15-16H2,1H3,(H,25,27)(H,26,28). The summed E-state index contributed by atoms with van der Waals surface area (Å²) in [5.74, 6) is 0.549. The monoisotopic (exact) mass is 395 g/mol. The topological polar surface area (TPSA) is 79.5 Å². The fourth-order valence-electron chi connectivity index (χ4n) is 3.39. The summed E-state index contributed by atoms with van der Waals surface area (Å²) in [6, 6.07) is 15.6. The zero-order valence-electron chi connectivity index (χ0n) is 16.9. The molecule has 0 spiro atoms. The average molecular weight is 396 g/mol. The highest BCUT2D eigenvalue weighted by Crippen LogP contribution is 2.14. The van der Waals surface area contributed by atoms with Crippen molar-refractivity contribution < 1.29 is 14.3 Å². The summed E-state index contributed by atoms with van der Waals surface area (Å²) >= 11 is 0. The van der Waals surface area contributed by atoms with Gasteiger partial charge in [0.15, 0.2) is 6.61 Å². The Morgan fingerprint density at radius 3 is 2.69 bits per heavy atom. The second-order valence-electron chi connectivity index (χ2n) is 7.45. The van der Waals surface area contributed by atoms with Gasteiger partial charge in [0, 0.05) is 24.7 Å². The number of rotatable bonds is 9. The van der Waals surface area contributed by atoms with Gasteiger partial charge >= 0.3 is 0 Å². The van der Waals surface area contributed by atoms with Gasteiger partial charge in [-0.15, -0.1) is 0 Å². The number of hydrogen-bond donors (Lipinski definition) is 3. The summed E-state index contributed by atoms with van der Waals surface area (Å²) < 4.78 is 5.55. The fraction of sp³-hybridized carbons (Fsp3) is 0.391. The third-order valence-corrected chi connectivity index (χ3v) is 4.93. The predicted octanol–water partition coefficient (Wildman–Crippen LogP) is 2.81. The van der Waals surface area contributed by atoms with Gasteiger partial charge in [-0.25, -0.2) is 0 Å². The molecule has 0 radical (unpaired) electrons. The molecule has 3 N–H and O–H groups in total. The summed E-state index contributed by atoms with van der Waals surface area (Å²) in [4.78, 5) is 23.9. The van der Waals surface area contributed by atoms with E-state index < -0.39 is 0 Å². The van der Waals surface area contributed by atoms with Crippen LogP contribution >= 0.6 is 0 Å². The van der Waals surface area contributed by atoms with Crippen LogP contribution in [0.15, 0.2) is 48.5 Å². The molecule has 1 unspecified atom stereocenters. The van der Waals surface area contributed by atoms with Crippen molar-refractivity contribution in [1.29, 1.82) is 0 Å². The third-order valence-electron chi connectivity index (χ3n) is 4.93. The van der Waals surface area contributed by atoms with Crippen LogP contribution in [0.1, 0.15) is 30.4 Å². The molecule has 6 nitrogen and oxygen atoms in total. The van der Waals surface area contributed by atoms with Crippen LogP contribution in [0.2, 0.25) is 0 Å². The molecule has 1 heterocycles. The van der Waals surface area contributed by atoms with Crippen molar-refractivity contribution >= 4 is 17.5 Å². The van der Waals surface area contributed by atoms with E-state index in [9.17, 15) is 9.59 Å². The molecule has 0 saturated carbocycles. The highest BCUT2D eigenvalue weighted by molar-refractivity contribution is 5.91. The highest BCUT2D eigenvalue weighted by atomic mass is 16.5. The number of amides is 2. The van der Waals surface area contributed by atoms with Gasteiger partial charge in [-0.2, -0.15) is 0 Å². The minimum atomic E-state index is -0.195. The minimum absolute atomic E-state index is 0.0431. The van der Waals surface area contributed by atoms with Crippen LogP contribution in [0.25, 0.3) is 0 Å². The van der Waals surface area contributed by atoms with Crippen LogP contribution in [0.3, 0.4) is 0 Å². The van der Waals surface area contributed by atoms with Crippen molar-refractivity contribution in [2.45, 2.75) is 38.6 Å². The van der Waals surface area contributed by atoms with Crippen LogP contribution in [-0.2, 0) is 16.0 Å². The summed E-state index contributed by atoms with van der Waals surface area (Å²) in [5, 5.41) is 9.13. The molecular weight excluding hydrogens is 366 g/mol. The van der Waals surface area contributed by atoms with Crippen molar-refractivity contribution in [2.75, 3.05) is 25.0 Å². The van der Waals surface area contributed by atoms with Gasteiger partial charge < -0.3 is 20.7 Å². The number of anilines is 1. The lowest BCUT2D eigenvalue weighted by molar-refractivity contribution is -0.121. The maximum absolute atomic E-state index is 12.0. The smallest absolute Gasteiger partial charge is 0.262 e. The second-order valence-corrected chi connectivity index (χ2v) is 7.45. The largest absolute Gasteiger partial charge is 0.484 e. The summed E-state index contributed by atoms with van der Waals surface area (Å²) in [6.07, 6.45) is 3.55. The summed E-state index contributed by atoms with van der Waals surface area (Å²) in [6.45, 7) is 3.56. The van der Waals surface area contributed by atoms with E-state index in [-0.39, 0.29) is 18.4 Å². The molecule has 29 heavy (non-hydrogen) atoms. The van der Waals surface area contributed by atoms with E-state index in [0.717, 1.165) is 42.6 Å². The number of ether oxygens (including phenoxy) is 1. The van der Waals surface area contributed by atoms with E-state index in [4.69, 9.17) is 4.74 Å². The fourth-order valence-corrected chi connectivity index (χ4v) is 3.39. The molecule has 2 aromatic rings. The molecule has 1 fully saturated rings. The quantitative estimate of drug-likeness (QED) is 0.610. The van der Waals surface area contributed by atoms with Gasteiger partial charge in [0.2, 0.25) is 5.91 Å². The van der Waals surface area contributed by atoms with E-state index in [1.807, 2.05) is 55.5 Å². The zero-order chi connectivity index (χ0) is 20.5. The molecule has 1 atom stereocenters. The molecule has 2 amide bonds. The van der Waals surface area contributed by atoms with Gasteiger partial charge in [0.1, 0.15) is 5.75 Å². The highest BCUT2D eigenvalue weighted by Gasteiger charge is 2.17. The van der Waals surface area contributed by atoms with Crippen LogP contribution in [0, 0.1) is 6.92 Å². The van der Waals surface area contributed by atoms with Gasteiger partial charge in [-0.1, -0.05) is 24.3 Å². The first-order chi connectivity index (χ1) is 14.1. The first-order valence-corrected chi connectivity index (χ1v) is 10.2. The van der Waals surface area contributed by atoms with Crippen LogP contribution in [0.5, 0.6) is 5.75 Å². The number of aryl methyl sites for hydroxylation is 1. The molecule has 154 valence electrons. The first kappa shape index (κ1) is 20.9. The number of carbonyl (C=O) groups excluding carboxylic acids is 2. The molecule has 6 heteroatoms. The molecule has 3 rings (SSSR count). The Bertz CT molecular complexity index is 814. The molecule has 2 aromatic carbocycles. The Labute approximate surface area is 172 Å². The molecular formula is C23H29N3O3. The summed E-state index contributed by atoms with van der Waals surface area (Å²) in [7, 11) is 0. The van der Waals surface area contributed by atoms with Crippen LogP contribution in [-0.4, -0.2) is 37.6 Å². The SMILES string of the molecule is Cc1cccc(NC(=O)COc2ccc(CCNC(=O)CC3CCCN3)cc2)c1. The van der Waals surface area contributed by atoms with Gasteiger partial charge in [-0.3, -0.25) is 9.59 Å². The first-order valence-electron chi connectivity index (χ1n) is 10.2. The zero-order valence-corrected chi connectivity index (χ0v) is 16.9. The van der Waals surface area contributed by atoms with Crippen molar-refractivity contribution in [3.05, 3.63) is 59.7 Å². The average Bonchev–Trinajstić information content (AvgIpc) is 3.20. The molecule has 1 saturated heterocycles. The van der Waals surface area contributed by atoms with Gasteiger partial charge in [-0.05, 0) is 68.1 Å². The Morgan fingerprint density at radius 1 is 1.14 bits per heavy atom. The number of carbonyl (C=O) groups is 2. The van der Waals surface area contributed by atoms with E-state index in [0.29, 0.717) is 24.8 Å². The maximum atomic E-state index is 12.0. The Morgan fingerprint density at radius 2 is 1.97 bits per heavy atom. The van der Waals surface area contributed by atoms with Crippen LogP contribution < -0.4 is 20.7 Å². The number of nitrogens with one attached hydrogen (secondary N) is 3. The van der Waals surface area contributed by atoms with E-state index in [2.05, 4.69) is 16.0 Å². The van der Waals surface area contributed by atoms with E-state index in [1.165, 1.54) is 0 Å². The molecule has 0 bridgehead atoms. The number of hydrogen-bond acceptors (Lipinski definition) is 4. The van der Waals surface area contributed by atoms with Gasteiger partial charge in [0.25, 0.3) is 5.91 Å². The molecule has 0 aliphatic carbocycles. The maximum Gasteiger partial charge on any atom is 0.262 e. The number of benzene rings is 2. The normalized spacial score (nSPS) is 15.7.